The van der Waals surface area contributed by atoms with Crippen LogP contribution in [0.4, 0.5) is 0 Å². The van der Waals surface area contributed by atoms with Gasteiger partial charge in [-0.1, -0.05) is 187 Å². The van der Waals surface area contributed by atoms with Crippen LogP contribution in [0.15, 0.2) is 66.7 Å². The highest BCUT2D eigenvalue weighted by Crippen LogP contribution is 2.43. The van der Waals surface area contributed by atoms with Crippen molar-refractivity contribution in [3.8, 4) is 11.1 Å². The molecular weight excluding hydrogens is 485 g/mol. The number of unbranched alkanes of at least 4 members (excludes halogenated alkanes) is 15. The van der Waals surface area contributed by atoms with Crippen LogP contribution in [-0.4, -0.2) is 9.52 Å². The zero-order valence-corrected chi connectivity index (χ0v) is 25.9. The summed E-state index contributed by atoms with van der Waals surface area (Å²) in [5.41, 5.74) is 7.43. The Balaban J connectivity index is 1.10. The van der Waals surface area contributed by atoms with Crippen molar-refractivity contribution in [2.75, 3.05) is 0 Å². The van der Waals surface area contributed by atoms with Gasteiger partial charge in [-0.3, -0.25) is 0 Å². The van der Waals surface area contributed by atoms with E-state index in [-0.39, 0.29) is 0 Å². The largest absolute Gasteiger partial charge is 0.121 e. The molecule has 1 heteroatoms. The maximum Gasteiger partial charge on any atom is 0.121 e. The van der Waals surface area contributed by atoms with Crippen molar-refractivity contribution < 1.29 is 0 Å². The maximum absolute atomic E-state index is 2.49. The van der Waals surface area contributed by atoms with Crippen LogP contribution in [0.5, 0.6) is 0 Å². The highest BCUT2D eigenvalue weighted by Gasteiger charge is 2.25. The Hall–Kier alpha value is -2.12. The lowest BCUT2D eigenvalue weighted by Crippen LogP contribution is -2.30. The van der Waals surface area contributed by atoms with Crippen LogP contribution in [0, 0.1) is 0 Å². The number of aryl methyl sites for hydroxylation is 1. The minimum Gasteiger partial charge on any atom is -0.0654 e. The van der Waals surface area contributed by atoms with Gasteiger partial charge in [-0.2, -0.15) is 0 Å². The first-order valence-corrected chi connectivity index (χ1v) is 17.4. The molecule has 3 aromatic carbocycles. The molecular formula is C38H52Si. The minimum absolute atomic E-state index is 0.501. The molecule has 0 fully saturated rings. The minimum atomic E-state index is 0.501. The molecule has 4 rings (SSSR count). The molecule has 1 unspecified atom stereocenters. The number of benzene rings is 3. The van der Waals surface area contributed by atoms with Crippen LogP contribution >= 0.6 is 0 Å². The van der Waals surface area contributed by atoms with Crippen molar-refractivity contribution in [1.29, 1.82) is 0 Å². The van der Waals surface area contributed by atoms with Crippen molar-refractivity contribution in [3.63, 3.8) is 0 Å². The summed E-state index contributed by atoms with van der Waals surface area (Å²) in [5.74, 6) is 0.501. The number of hydrogen-bond acceptors (Lipinski definition) is 0. The highest BCUT2D eigenvalue weighted by molar-refractivity contribution is 6.67. The molecule has 208 valence electrons. The summed E-state index contributed by atoms with van der Waals surface area (Å²) >= 11 is 0. The Labute approximate surface area is 242 Å². The van der Waals surface area contributed by atoms with Gasteiger partial charge in [-0.25, -0.2) is 0 Å². The Morgan fingerprint density at radius 2 is 1.08 bits per heavy atom. The van der Waals surface area contributed by atoms with E-state index in [1.165, 1.54) is 137 Å². The fourth-order valence-electron chi connectivity index (χ4n) is 6.41. The lowest BCUT2D eigenvalue weighted by Gasteiger charge is -2.11. The molecule has 3 aromatic rings. The number of hydrogen-bond donors (Lipinski definition) is 0. The van der Waals surface area contributed by atoms with E-state index in [0.29, 0.717) is 5.92 Å². The standard InChI is InChI=1S/C38H52Si/c1-3-4-5-6-7-8-9-10-11-12-13-14-15-16-17-18-23-32-24-19-22-27-38(32)39-33-28-29-36-35-26-21-20-25-34(35)31(2)37(36)30-33/h19-22,24-31H,3-18,23H2,1-2H3. The normalized spacial score (nSPS) is 13.9. The van der Waals surface area contributed by atoms with Gasteiger partial charge >= 0.3 is 0 Å². The van der Waals surface area contributed by atoms with E-state index >= 15 is 0 Å². The second kappa shape index (κ2) is 16.9. The molecule has 39 heavy (non-hydrogen) atoms. The smallest absolute Gasteiger partial charge is 0.0654 e. The van der Waals surface area contributed by atoms with Crippen molar-refractivity contribution in [2.24, 2.45) is 0 Å². The maximum atomic E-state index is 2.49. The molecule has 0 N–H and O–H groups in total. The first-order valence-electron chi connectivity index (χ1n) is 16.4. The predicted octanol–water partition coefficient (Wildman–Crippen LogP) is 10.3. The van der Waals surface area contributed by atoms with Crippen LogP contribution in [0.2, 0.25) is 0 Å². The molecule has 1 aliphatic rings. The highest BCUT2D eigenvalue weighted by atomic mass is 28.2. The SMILES string of the molecule is CCCCCCCCCCCCCCCCCCc1ccccc1[Si]c1ccc2c(c1)C(C)c1ccccc1-2. The Morgan fingerprint density at radius 3 is 1.74 bits per heavy atom. The lowest BCUT2D eigenvalue weighted by molar-refractivity contribution is 0.529. The third kappa shape index (κ3) is 9.21. The third-order valence-electron chi connectivity index (χ3n) is 8.83. The average Bonchev–Trinajstić information content (AvgIpc) is 3.25. The van der Waals surface area contributed by atoms with Crippen LogP contribution in [0.25, 0.3) is 11.1 Å². The van der Waals surface area contributed by atoms with Crippen LogP contribution in [0.1, 0.15) is 139 Å². The average molecular weight is 537 g/mol. The van der Waals surface area contributed by atoms with Gasteiger partial charge in [0.1, 0.15) is 9.52 Å². The van der Waals surface area contributed by atoms with E-state index in [0.717, 1.165) is 9.52 Å². The number of fused-ring (bicyclic) bond motifs is 3. The third-order valence-corrected chi connectivity index (χ3v) is 10.2. The van der Waals surface area contributed by atoms with E-state index in [9.17, 15) is 0 Å². The second-order valence-electron chi connectivity index (χ2n) is 11.9. The lowest BCUT2D eigenvalue weighted by atomic mass is 10.00. The summed E-state index contributed by atoms with van der Waals surface area (Å²) in [7, 11) is 0.746. The number of rotatable bonds is 19. The molecule has 0 nitrogen and oxygen atoms in total. The van der Waals surface area contributed by atoms with Gasteiger partial charge in [-0.15, -0.1) is 0 Å². The van der Waals surface area contributed by atoms with Crippen molar-refractivity contribution in [2.45, 2.75) is 129 Å². The van der Waals surface area contributed by atoms with Gasteiger partial charge in [0.2, 0.25) is 0 Å². The predicted molar refractivity (Wildman–Crippen MR) is 174 cm³/mol. The van der Waals surface area contributed by atoms with Gasteiger partial charge in [-0.05, 0) is 40.7 Å². The summed E-state index contributed by atoms with van der Waals surface area (Å²) < 4.78 is 0. The Kier molecular flexibility index (Phi) is 12.9. The van der Waals surface area contributed by atoms with Crippen LogP contribution in [0.3, 0.4) is 0 Å². The monoisotopic (exact) mass is 536 g/mol. The molecule has 0 saturated carbocycles. The molecule has 0 heterocycles. The van der Waals surface area contributed by atoms with Crippen molar-refractivity contribution in [1.82, 2.24) is 0 Å². The summed E-state index contributed by atoms with van der Waals surface area (Å²) in [6.45, 7) is 4.67. The topological polar surface area (TPSA) is 0 Å². The first kappa shape index (κ1) is 29.8. The Morgan fingerprint density at radius 1 is 0.538 bits per heavy atom. The molecule has 1 atom stereocenters. The second-order valence-corrected chi connectivity index (χ2v) is 13.3. The van der Waals surface area contributed by atoms with Gasteiger partial charge in [0.15, 0.2) is 0 Å². The van der Waals surface area contributed by atoms with E-state index in [1.54, 1.807) is 10.8 Å². The van der Waals surface area contributed by atoms with E-state index < -0.39 is 0 Å². The molecule has 2 radical (unpaired) electrons. The summed E-state index contributed by atoms with van der Waals surface area (Å²) in [4.78, 5) is 0. The van der Waals surface area contributed by atoms with Gasteiger partial charge < -0.3 is 0 Å². The zero-order chi connectivity index (χ0) is 27.1. The molecule has 0 aromatic heterocycles. The van der Waals surface area contributed by atoms with E-state index in [2.05, 4.69) is 80.6 Å². The van der Waals surface area contributed by atoms with E-state index in [4.69, 9.17) is 0 Å². The molecule has 0 bridgehead atoms. The van der Waals surface area contributed by atoms with Crippen molar-refractivity contribution in [3.05, 3.63) is 83.4 Å². The Bertz CT molecular complexity index is 1110. The quantitative estimate of drug-likeness (QED) is 0.106. The molecule has 1 aliphatic carbocycles. The molecule has 0 spiro atoms. The van der Waals surface area contributed by atoms with E-state index in [1.807, 2.05) is 0 Å². The van der Waals surface area contributed by atoms with Crippen molar-refractivity contribution >= 4 is 19.9 Å². The zero-order valence-electron chi connectivity index (χ0n) is 24.9. The van der Waals surface area contributed by atoms with Crippen LogP contribution < -0.4 is 10.4 Å². The first-order chi connectivity index (χ1) is 19.3. The van der Waals surface area contributed by atoms with Crippen LogP contribution in [-0.2, 0) is 6.42 Å². The fourth-order valence-corrected chi connectivity index (χ4v) is 7.66. The van der Waals surface area contributed by atoms with Gasteiger partial charge in [0.25, 0.3) is 0 Å². The summed E-state index contributed by atoms with van der Waals surface area (Å²) in [6, 6.07) is 25.4. The fraction of sp³-hybridized carbons (Fsp3) is 0.526. The van der Waals surface area contributed by atoms with Gasteiger partial charge in [0, 0.05) is 5.92 Å². The molecule has 0 amide bonds. The molecule has 0 aliphatic heterocycles. The summed E-state index contributed by atoms with van der Waals surface area (Å²) in [5, 5.41) is 3.02. The van der Waals surface area contributed by atoms with Gasteiger partial charge in [0.05, 0.1) is 0 Å². The molecule has 0 saturated heterocycles. The summed E-state index contributed by atoms with van der Waals surface area (Å²) in [6.07, 6.45) is 24.1.